The Morgan fingerprint density at radius 1 is 1.23 bits per heavy atom. The van der Waals surface area contributed by atoms with Gasteiger partial charge in [0, 0.05) is 6.54 Å². The molecule has 7 heteroatoms. The molecule has 1 aromatic carbocycles. The van der Waals surface area contributed by atoms with Crippen molar-refractivity contribution in [2.24, 2.45) is 0 Å². The SMILES string of the molecule is CC(C)(C)[SiH2]OC(C)(C)C1CN(C(=O)OCc2ccccc2)CC(=O)N1. The highest BCUT2D eigenvalue weighted by Crippen LogP contribution is 2.26. The summed E-state index contributed by atoms with van der Waals surface area (Å²) in [7, 11) is -0.783. The third kappa shape index (κ3) is 6.14. The van der Waals surface area contributed by atoms with E-state index in [1.807, 2.05) is 44.2 Å². The van der Waals surface area contributed by atoms with Crippen molar-refractivity contribution in [2.45, 2.75) is 57.9 Å². The maximum absolute atomic E-state index is 12.4. The number of nitrogens with one attached hydrogen (secondary N) is 1. The number of hydrogen-bond donors (Lipinski definition) is 1. The first-order valence-corrected chi connectivity index (χ1v) is 10.2. The minimum absolute atomic E-state index is 0.0108. The zero-order chi connectivity index (χ0) is 19.4. The first kappa shape index (κ1) is 20.4. The molecule has 0 radical (unpaired) electrons. The maximum Gasteiger partial charge on any atom is 0.410 e. The maximum atomic E-state index is 12.4. The number of carbonyl (C=O) groups excluding carboxylic acids is 2. The average molecular weight is 379 g/mol. The molecular formula is C19H30N2O4Si. The molecule has 6 nitrogen and oxygen atoms in total. The van der Waals surface area contributed by atoms with Crippen LogP contribution in [0, 0.1) is 0 Å². The van der Waals surface area contributed by atoms with E-state index in [1.54, 1.807) is 0 Å². The predicted molar refractivity (Wildman–Crippen MR) is 104 cm³/mol. The van der Waals surface area contributed by atoms with Crippen molar-refractivity contribution in [1.29, 1.82) is 0 Å². The molecule has 0 saturated carbocycles. The van der Waals surface area contributed by atoms with Crippen LogP contribution >= 0.6 is 0 Å². The van der Waals surface area contributed by atoms with E-state index in [-0.39, 0.29) is 30.1 Å². The van der Waals surface area contributed by atoms with Gasteiger partial charge in [-0.3, -0.25) is 9.69 Å². The Labute approximate surface area is 158 Å². The van der Waals surface area contributed by atoms with Crippen molar-refractivity contribution in [1.82, 2.24) is 10.2 Å². The summed E-state index contributed by atoms with van der Waals surface area (Å²) < 4.78 is 11.6. The van der Waals surface area contributed by atoms with Crippen LogP contribution in [0.25, 0.3) is 0 Å². The molecule has 1 heterocycles. The topological polar surface area (TPSA) is 67.9 Å². The third-order valence-electron chi connectivity index (χ3n) is 4.25. The van der Waals surface area contributed by atoms with Gasteiger partial charge in [-0.15, -0.1) is 0 Å². The summed E-state index contributed by atoms with van der Waals surface area (Å²) >= 11 is 0. The molecule has 1 N–H and O–H groups in total. The summed E-state index contributed by atoms with van der Waals surface area (Å²) in [6, 6.07) is 9.23. The number of carbonyl (C=O) groups is 2. The number of amides is 2. The van der Waals surface area contributed by atoms with Gasteiger partial charge in [0.2, 0.25) is 5.91 Å². The highest BCUT2D eigenvalue weighted by Gasteiger charge is 2.39. The van der Waals surface area contributed by atoms with Gasteiger partial charge in [-0.1, -0.05) is 51.1 Å². The first-order chi connectivity index (χ1) is 12.1. The van der Waals surface area contributed by atoms with E-state index < -0.39 is 21.5 Å². The van der Waals surface area contributed by atoms with Gasteiger partial charge < -0.3 is 14.5 Å². The van der Waals surface area contributed by atoms with E-state index in [0.29, 0.717) is 6.54 Å². The lowest BCUT2D eigenvalue weighted by molar-refractivity contribution is -0.127. The third-order valence-corrected chi connectivity index (χ3v) is 6.01. The summed E-state index contributed by atoms with van der Waals surface area (Å²) in [6.45, 7) is 11.0. The molecule has 0 aromatic heterocycles. The molecule has 1 saturated heterocycles. The van der Waals surface area contributed by atoms with Gasteiger partial charge in [0.15, 0.2) is 9.76 Å². The van der Waals surface area contributed by atoms with Crippen LogP contribution in [0.5, 0.6) is 0 Å². The summed E-state index contributed by atoms with van der Waals surface area (Å²) in [5.74, 6) is -0.188. The van der Waals surface area contributed by atoms with Crippen LogP contribution in [-0.2, 0) is 20.6 Å². The largest absolute Gasteiger partial charge is 0.445 e. The monoisotopic (exact) mass is 378 g/mol. The van der Waals surface area contributed by atoms with Crippen molar-refractivity contribution < 1.29 is 18.8 Å². The van der Waals surface area contributed by atoms with Crippen molar-refractivity contribution in [3.63, 3.8) is 0 Å². The second kappa shape index (κ2) is 8.22. The Morgan fingerprint density at radius 3 is 2.50 bits per heavy atom. The van der Waals surface area contributed by atoms with E-state index in [4.69, 9.17) is 9.16 Å². The van der Waals surface area contributed by atoms with E-state index in [0.717, 1.165) is 5.56 Å². The molecule has 2 rings (SSSR count). The Bertz CT molecular complexity index is 628. The normalized spacial score (nSPS) is 18.9. The van der Waals surface area contributed by atoms with Crippen molar-refractivity contribution in [3.05, 3.63) is 35.9 Å². The second-order valence-electron chi connectivity index (χ2n) is 8.49. The molecule has 0 spiro atoms. The minimum Gasteiger partial charge on any atom is -0.445 e. The van der Waals surface area contributed by atoms with E-state index in [2.05, 4.69) is 26.1 Å². The number of benzene rings is 1. The molecule has 1 unspecified atom stereocenters. The van der Waals surface area contributed by atoms with Crippen LogP contribution in [0.4, 0.5) is 4.79 Å². The number of ether oxygens (including phenoxy) is 1. The molecule has 144 valence electrons. The molecule has 1 fully saturated rings. The molecule has 0 aliphatic carbocycles. The van der Waals surface area contributed by atoms with Crippen LogP contribution < -0.4 is 5.32 Å². The molecule has 1 aliphatic heterocycles. The van der Waals surface area contributed by atoms with Gasteiger partial charge in [-0.2, -0.15) is 0 Å². The van der Waals surface area contributed by atoms with Crippen LogP contribution in [0.15, 0.2) is 30.3 Å². The molecular weight excluding hydrogens is 348 g/mol. The van der Waals surface area contributed by atoms with Crippen LogP contribution in [0.1, 0.15) is 40.2 Å². The summed E-state index contributed by atoms with van der Waals surface area (Å²) in [5, 5.41) is 3.12. The molecule has 1 aliphatic rings. The lowest BCUT2D eigenvalue weighted by atomic mass is 9.97. The Hall–Kier alpha value is -1.86. The number of rotatable bonds is 5. The predicted octanol–water partition coefficient (Wildman–Crippen LogP) is 2.22. The highest BCUT2D eigenvalue weighted by molar-refractivity contribution is 6.31. The van der Waals surface area contributed by atoms with Crippen LogP contribution in [-0.4, -0.2) is 51.4 Å². The van der Waals surface area contributed by atoms with Crippen molar-refractivity contribution in [2.75, 3.05) is 13.1 Å². The van der Waals surface area contributed by atoms with Gasteiger partial charge in [0.25, 0.3) is 0 Å². The van der Waals surface area contributed by atoms with Gasteiger partial charge in [-0.05, 0) is 24.4 Å². The van der Waals surface area contributed by atoms with Crippen LogP contribution in [0.3, 0.4) is 0 Å². The van der Waals surface area contributed by atoms with Crippen LogP contribution in [0.2, 0.25) is 5.04 Å². The number of nitrogens with zero attached hydrogens (tertiary/aromatic N) is 1. The summed E-state index contributed by atoms with van der Waals surface area (Å²) in [6.07, 6.45) is -0.474. The molecule has 1 aromatic rings. The fourth-order valence-electron chi connectivity index (χ4n) is 2.59. The Balaban J connectivity index is 1.95. The minimum atomic E-state index is -0.783. The Morgan fingerprint density at radius 2 is 1.88 bits per heavy atom. The van der Waals surface area contributed by atoms with Crippen molar-refractivity contribution in [3.8, 4) is 0 Å². The van der Waals surface area contributed by atoms with E-state index in [9.17, 15) is 9.59 Å². The lowest BCUT2D eigenvalue weighted by Crippen LogP contribution is -2.63. The smallest absolute Gasteiger partial charge is 0.410 e. The van der Waals surface area contributed by atoms with E-state index >= 15 is 0 Å². The second-order valence-corrected chi connectivity index (χ2v) is 11.2. The van der Waals surface area contributed by atoms with Gasteiger partial charge >= 0.3 is 6.09 Å². The molecule has 1 atom stereocenters. The van der Waals surface area contributed by atoms with Gasteiger partial charge in [0.1, 0.15) is 13.2 Å². The zero-order valence-electron chi connectivity index (χ0n) is 16.4. The summed E-state index contributed by atoms with van der Waals surface area (Å²) in [5.41, 5.74) is 0.381. The lowest BCUT2D eigenvalue weighted by Gasteiger charge is -2.42. The molecule has 26 heavy (non-hydrogen) atoms. The average Bonchev–Trinajstić information content (AvgIpc) is 2.58. The zero-order valence-corrected chi connectivity index (χ0v) is 17.8. The fourth-order valence-corrected chi connectivity index (χ4v) is 3.60. The fraction of sp³-hybridized carbons (Fsp3) is 0.579. The summed E-state index contributed by atoms with van der Waals surface area (Å²) in [4.78, 5) is 26.0. The molecule has 2 amide bonds. The first-order valence-electron chi connectivity index (χ1n) is 8.96. The van der Waals surface area contributed by atoms with Crippen molar-refractivity contribution >= 4 is 21.8 Å². The number of hydrogen-bond acceptors (Lipinski definition) is 4. The standard InChI is InChI=1S/C19H30N2O4Si/c1-18(2,3)26-25-19(4,5)15-11-21(12-16(22)20-15)17(23)24-13-14-9-7-6-8-10-14/h6-10,15H,11-13,26H2,1-5H3,(H,20,22). The van der Waals surface area contributed by atoms with E-state index in [1.165, 1.54) is 4.90 Å². The quantitative estimate of drug-likeness (QED) is 0.798. The molecule has 0 bridgehead atoms. The van der Waals surface area contributed by atoms with Gasteiger partial charge in [-0.25, -0.2) is 4.79 Å². The number of piperazine rings is 1. The Kier molecular flexibility index (Phi) is 6.47. The highest BCUT2D eigenvalue weighted by atomic mass is 28.2. The van der Waals surface area contributed by atoms with Gasteiger partial charge in [0.05, 0.1) is 11.6 Å².